The molecule has 0 bridgehead atoms. The molecular formula is C7H16ClNO4S. The summed E-state index contributed by atoms with van der Waals surface area (Å²) in [7, 11) is -0.448. The van der Waals surface area contributed by atoms with Gasteiger partial charge in [0.05, 0.1) is 11.8 Å². The lowest BCUT2D eigenvalue weighted by atomic mass is 10.3. The maximum Gasteiger partial charge on any atom is 0.213 e. The van der Waals surface area contributed by atoms with Crippen LogP contribution in [-0.4, -0.2) is 46.6 Å². The number of hydrogen-bond acceptors (Lipinski definition) is 4. The summed E-state index contributed by atoms with van der Waals surface area (Å²) in [4.78, 5) is 0. The molecule has 86 valence electrons. The first-order valence-corrected chi connectivity index (χ1v) is 6.27. The number of halogens is 1. The fourth-order valence-electron chi connectivity index (χ4n) is 1.00. The second-order valence-corrected chi connectivity index (χ2v) is 5.01. The van der Waals surface area contributed by atoms with E-state index in [1.54, 1.807) is 6.92 Å². The van der Waals surface area contributed by atoms with E-state index in [-0.39, 0.29) is 11.6 Å². The molecule has 0 aromatic rings. The number of sulfonamides is 1. The molecule has 0 spiro atoms. The van der Waals surface area contributed by atoms with Crippen LogP contribution in [0.5, 0.6) is 0 Å². The first-order valence-electron chi connectivity index (χ1n) is 4.08. The molecule has 0 heterocycles. The highest BCUT2D eigenvalue weighted by Gasteiger charge is 2.21. The molecule has 1 atom stereocenters. The molecule has 0 amide bonds. The zero-order chi connectivity index (χ0) is 11.2. The van der Waals surface area contributed by atoms with Crippen molar-refractivity contribution < 1.29 is 17.9 Å². The molecule has 1 N–H and O–H groups in total. The van der Waals surface area contributed by atoms with Gasteiger partial charge in [0.15, 0.2) is 6.29 Å². The van der Waals surface area contributed by atoms with Gasteiger partial charge in [-0.25, -0.2) is 13.1 Å². The molecular weight excluding hydrogens is 230 g/mol. The summed E-state index contributed by atoms with van der Waals surface area (Å²) >= 11 is 5.34. The SMILES string of the molecule is COC(OC)C(C)NS(=O)(=O)CCCl. The van der Waals surface area contributed by atoms with Crippen molar-refractivity contribution in [1.29, 1.82) is 0 Å². The molecule has 14 heavy (non-hydrogen) atoms. The van der Waals surface area contributed by atoms with Crippen molar-refractivity contribution in [2.75, 3.05) is 25.9 Å². The highest BCUT2D eigenvalue weighted by Crippen LogP contribution is 2.01. The zero-order valence-electron chi connectivity index (χ0n) is 8.49. The summed E-state index contributed by atoms with van der Waals surface area (Å²) in [5.74, 6) is -0.0499. The Hall–Kier alpha value is 0.120. The smallest absolute Gasteiger partial charge is 0.213 e. The Labute approximate surface area is 89.8 Å². The van der Waals surface area contributed by atoms with Crippen LogP contribution >= 0.6 is 11.6 Å². The Kier molecular flexibility index (Phi) is 6.63. The average molecular weight is 246 g/mol. The van der Waals surface area contributed by atoms with Crippen molar-refractivity contribution in [2.45, 2.75) is 19.3 Å². The molecule has 0 fully saturated rings. The summed E-state index contributed by atoms with van der Waals surface area (Å²) in [5, 5.41) is 0. The van der Waals surface area contributed by atoms with E-state index in [9.17, 15) is 8.42 Å². The van der Waals surface area contributed by atoms with Crippen molar-refractivity contribution in [2.24, 2.45) is 0 Å². The summed E-state index contributed by atoms with van der Waals surface area (Å²) in [5.41, 5.74) is 0. The van der Waals surface area contributed by atoms with Crippen LogP contribution in [0, 0.1) is 0 Å². The average Bonchev–Trinajstić information content (AvgIpc) is 2.04. The van der Waals surface area contributed by atoms with Crippen LogP contribution in [-0.2, 0) is 19.5 Å². The molecule has 0 aliphatic heterocycles. The Morgan fingerprint density at radius 3 is 2.21 bits per heavy atom. The molecule has 0 radical (unpaired) electrons. The molecule has 0 aliphatic carbocycles. The van der Waals surface area contributed by atoms with Gasteiger partial charge in [0.1, 0.15) is 0 Å². The first kappa shape index (κ1) is 14.1. The summed E-state index contributed by atoms with van der Waals surface area (Å²) in [6.07, 6.45) is -0.597. The number of rotatable bonds is 7. The minimum Gasteiger partial charge on any atom is -0.354 e. The van der Waals surface area contributed by atoms with E-state index in [4.69, 9.17) is 21.1 Å². The second-order valence-electron chi connectivity index (χ2n) is 2.75. The molecule has 7 heteroatoms. The predicted octanol–water partition coefficient (Wildman–Crippen LogP) is 0.152. The van der Waals surface area contributed by atoms with Gasteiger partial charge >= 0.3 is 0 Å². The Bertz CT molecular complexity index is 240. The van der Waals surface area contributed by atoms with Gasteiger partial charge in [-0.3, -0.25) is 0 Å². The van der Waals surface area contributed by atoms with Crippen LogP contribution in [0.4, 0.5) is 0 Å². The van der Waals surface area contributed by atoms with Gasteiger partial charge in [-0.15, -0.1) is 11.6 Å². The van der Waals surface area contributed by atoms with Crippen LogP contribution in [0.3, 0.4) is 0 Å². The van der Waals surface area contributed by atoms with Gasteiger partial charge in [0.2, 0.25) is 10.0 Å². The molecule has 0 aromatic carbocycles. The molecule has 0 aliphatic rings. The fraction of sp³-hybridized carbons (Fsp3) is 1.00. The zero-order valence-corrected chi connectivity index (χ0v) is 10.1. The van der Waals surface area contributed by atoms with Crippen molar-refractivity contribution in [3.63, 3.8) is 0 Å². The summed E-state index contributed by atoms with van der Waals surface area (Å²) < 4.78 is 34.7. The summed E-state index contributed by atoms with van der Waals surface area (Å²) in [6.45, 7) is 1.66. The third-order valence-corrected chi connectivity index (χ3v) is 3.47. The standard InChI is InChI=1S/C7H16ClNO4S/c1-6(7(12-2)13-3)9-14(10,11)5-4-8/h6-7,9H,4-5H2,1-3H3. The molecule has 0 saturated heterocycles. The number of ether oxygens (including phenoxy) is 2. The minimum absolute atomic E-state index is 0.0622. The number of nitrogens with one attached hydrogen (secondary N) is 1. The Morgan fingerprint density at radius 2 is 1.86 bits per heavy atom. The van der Waals surface area contributed by atoms with Crippen molar-refractivity contribution in [1.82, 2.24) is 4.72 Å². The van der Waals surface area contributed by atoms with E-state index >= 15 is 0 Å². The van der Waals surface area contributed by atoms with E-state index in [1.807, 2.05) is 0 Å². The van der Waals surface area contributed by atoms with Gasteiger partial charge in [-0.1, -0.05) is 0 Å². The van der Waals surface area contributed by atoms with E-state index in [1.165, 1.54) is 14.2 Å². The topological polar surface area (TPSA) is 64.6 Å². The quantitative estimate of drug-likeness (QED) is 0.512. The molecule has 0 saturated carbocycles. The van der Waals surface area contributed by atoms with E-state index < -0.39 is 22.4 Å². The molecule has 5 nitrogen and oxygen atoms in total. The Balaban J connectivity index is 4.22. The van der Waals surface area contributed by atoms with Crippen LogP contribution in [0.2, 0.25) is 0 Å². The van der Waals surface area contributed by atoms with Crippen LogP contribution in [0.15, 0.2) is 0 Å². The lowest BCUT2D eigenvalue weighted by Crippen LogP contribution is -2.43. The second kappa shape index (κ2) is 6.58. The van der Waals surface area contributed by atoms with Crippen LogP contribution in [0.25, 0.3) is 0 Å². The fourth-order valence-corrected chi connectivity index (χ4v) is 2.61. The van der Waals surface area contributed by atoms with Gasteiger partial charge < -0.3 is 9.47 Å². The van der Waals surface area contributed by atoms with E-state index in [2.05, 4.69) is 4.72 Å². The third-order valence-electron chi connectivity index (χ3n) is 1.58. The number of hydrogen-bond donors (Lipinski definition) is 1. The maximum absolute atomic E-state index is 11.3. The van der Waals surface area contributed by atoms with Crippen molar-refractivity contribution >= 4 is 21.6 Å². The monoisotopic (exact) mass is 245 g/mol. The molecule has 0 rings (SSSR count). The van der Waals surface area contributed by atoms with E-state index in [0.29, 0.717) is 0 Å². The van der Waals surface area contributed by atoms with E-state index in [0.717, 1.165) is 0 Å². The number of alkyl halides is 1. The largest absolute Gasteiger partial charge is 0.354 e. The van der Waals surface area contributed by atoms with Gasteiger partial charge in [0, 0.05) is 20.1 Å². The lowest BCUT2D eigenvalue weighted by molar-refractivity contribution is -0.115. The predicted molar refractivity (Wildman–Crippen MR) is 54.9 cm³/mol. The molecule has 1 unspecified atom stereocenters. The van der Waals surface area contributed by atoms with Crippen molar-refractivity contribution in [3.05, 3.63) is 0 Å². The van der Waals surface area contributed by atoms with Crippen molar-refractivity contribution in [3.8, 4) is 0 Å². The number of methoxy groups -OCH3 is 2. The normalized spacial score (nSPS) is 14.6. The maximum atomic E-state index is 11.3. The van der Waals surface area contributed by atoms with Gasteiger partial charge in [-0.05, 0) is 6.92 Å². The highest BCUT2D eigenvalue weighted by molar-refractivity contribution is 7.89. The molecule has 0 aromatic heterocycles. The Morgan fingerprint density at radius 1 is 1.36 bits per heavy atom. The van der Waals surface area contributed by atoms with Crippen LogP contribution < -0.4 is 4.72 Å². The lowest BCUT2D eigenvalue weighted by Gasteiger charge is -2.21. The minimum atomic E-state index is -3.34. The first-order chi connectivity index (χ1) is 6.46. The van der Waals surface area contributed by atoms with Gasteiger partial charge in [-0.2, -0.15) is 0 Å². The van der Waals surface area contributed by atoms with Gasteiger partial charge in [0.25, 0.3) is 0 Å². The third kappa shape index (κ3) is 5.11. The highest BCUT2D eigenvalue weighted by atomic mass is 35.5. The van der Waals surface area contributed by atoms with Crippen LogP contribution in [0.1, 0.15) is 6.92 Å². The summed E-state index contributed by atoms with van der Waals surface area (Å²) in [6, 6.07) is -0.446.